The molecule has 10 heavy (non-hydrogen) atoms. The lowest BCUT2D eigenvalue weighted by Crippen LogP contribution is -1.93. The van der Waals surface area contributed by atoms with E-state index in [0.717, 1.165) is 6.07 Å². The lowest BCUT2D eigenvalue weighted by Gasteiger charge is -1.91. The number of carbonyl (C=O) groups excluding carboxylic acids is 1. The third-order valence-electron chi connectivity index (χ3n) is 1.13. The van der Waals surface area contributed by atoms with Crippen molar-refractivity contribution >= 4 is 5.78 Å². The summed E-state index contributed by atoms with van der Waals surface area (Å²) in [7, 11) is 0. The van der Waals surface area contributed by atoms with Gasteiger partial charge in [0.25, 0.3) is 0 Å². The second-order valence-corrected chi connectivity index (χ2v) is 1.92. The second-order valence-electron chi connectivity index (χ2n) is 1.92. The van der Waals surface area contributed by atoms with Gasteiger partial charge in [0.1, 0.15) is 0 Å². The first-order chi connectivity index (χ1) is 4.70. The first-order valence-corrected chi connectivity index (χ1v) is 2.82. The Morgan fingerprint density at radius 3 is 2.80 bits per heavy atom. The summed E-state index contributed by atoms with van der Waals surface area (Å²) >= 11 is 0. The highest BCUT2D eigenvalue weighted by molar-refractivity contribution is 5.93. The zero-order valence-electron chi connectivity index (χ0n) is 5.47. The number of carbonyl (C=O) groups is 1. The predicted molar refractivity (Wildman–Crippen MR) is 34.2 cm³/mol. The molecule has 1 aromatic rings. The molecule has 0 amide bonds. The predicted octanol–water partition coefficient (Wildman–Crippen LogP) is 1.42. The lowest BCUT2D eigenvalue weighted by atomic mass is 10.2. The summed E-state index contributed by atoms with van der Waals surface area (Å²) in [5, 5.41) is 0. The van der Waals surface area contributed by atoms with Crippen LogP contribution in [0.25, 0.3) is 0 Å². The third kappa shape index (κ3) is 1.37. The highest BCUT2D eigenvalue weighted by Crippen LogP contribution is 1.99. The summed E-state index contributed by atoms with van der Waals surface area (Å²) in [5.41, 5.74) is 0.354. The zero-order valence-corrected chi connectivity index (χ0v) is 5.47. The second kappa shape index (κ2) is 2.56. The number of Topliss-reactive ketones (excluding diaryl/α,β-unsaturated/α-hetero) is 1. The Balaban J connectivity index is 3.07. The van der Waals surface area contributed by atoms with E-state index >= 15 is 0 Å². The highest BCUT2D eigenvalue weighted by atomic mass is 19.1. The van der Waals surface area contributed by atoms with Gasteiger partial charge in [-0.3, -0.25) is 4.79 Å². The van der Waals surface area contributed by atoms with E-state index < -0.39 is 5.95 Å². The molecule has 1 aromatic heterocycles. The molecule has 0 saturated heterocycles. The van der Waals surface area contributed by atoms with Crippen molar-refractivity contribution in [3.8, 4) is 0 Å². The summed E-state index contributed by atoms with van der Waals surface area (Å²) < 4.78 is 12.3. The molecule has 0 atom stereocenters. The molecule has 0 aliphatic carbocycles. The molecular formula is C7H6FNO. The minimum absolute atomic E-state index is 0.152. The van der Waals surface area contributed by atoms with E-state index in [2.05, 4.69) is 4.98 Å². The van der Waals surface area contributed by atoms with Crippen molar-refractivity contribution in [3.05, 3.63) is 29.8 Å². The third-order valence-corrected chi connectivity index (χ3v) is 1.13. The molecule has 0 bridgehead atoms. The summed E-state index contributed by atoms with van der Waals surface area (Å²) in [5.74, 6) is -0.769. The fourth-order valence-electron chi connectivity index (χ4n) is 0.621. The first-order valence-electron chi connectivity index (χ1n) is 2.82. The highest BCUT2D eigenvalue weighted by Gasteiger charge is 1.98. The average Bonchev–Trinajstić information content (AvgIpc) is 1.88. The molecule has 0 spiro atoms. The number of hydrogen-bond donors (Lipinski definition) is 0. The van der Waals surface area contributed by atoms with Crippen molar-refractivity contribution in [3.63, 3.8) is 0 Å². The van der Waals surface area contributed by atoms with Crippen LogP contribution in [0.1, 0.15) is 17.3 Å². The normalized spacial score (nSPS) is 9.40. The maximum Gasteiger partial charge on any atom is 0.213 e. The zero-order chi connectivity index (χ0) is 7.56. The molecule has 1 heterocycles. The van der Waals surface area contributed by atoms with Crippen molar-refractivity contribution in [2.24, 2.45) is 0 Å². The SMILES string of the molecule is CC(=O)c1ccnc(F)c1. The van der Waals surface area contributed by atoms with Crippen LogP contribution < -0.4 is 0 Å². The molecule has 3 heteroatoms. The molecular weight excluding hydrogens is 133 g/mol. The van der Waals surface area contributed by atoms with Gasteiger partial charge < -0.3 is 0 Å². The molecule has 52 valence electrons. The fraction of sp³-hybridized carbons (Fsp3) is 0.143. The molecule has 0 aliphatic heterocycles. The molecule has 0 radical (unpaired) electrons. The van der Waals surface area contributed by atoms with Crippen molar-refractivity contribution in [1.82, 2.24) is 4.98 Å². The van der Waals surface area contributed by atoms with Gasteiger partial charge in [-0.2, -0.15) is 4.39 Å². The smallest absolute Gasteiger partial charge is 0.213 e. The van der Waals surface area contributed by atoms with Crippen molar-refractivity contribution in [2.45, 2.75) is 6.92 Å². The van der Waals surface area contributed by atoms with Gasteiger partial charge in [0.05, 0.1) is 0 Å². The largest absolute Gasteiger partial charge is 0.295 e. The van der Waals surface area contributed by atoms with Gasteiger partial charge in [-0.1, -0.05) is 0 Å². The topological polar surface area (TPSA) is 30.0 Å². The van der Waals surface area contributed by atoms with Crippen molar-refractivity contribution < 1.29 is 9.18 Å². The van der Waals surface area contributed by atoms with Gasteiger partial charge in [0.15, 0.2) is 5.78 Å². The Morgan fingerprint density at radius 1 is 1.70 bits per heavy atom. The minimum atomic E-state index is -0.618. The van der Waals surface area contributed by atoms with Gasteiger partial charge >= 0.3 is 0 Å². The van der Waals surface area contributed by atoms with Crippen molar-refractivity contribution in [2.75, 3.05) is 0 Å². The standard InChI is InChI=1S/C7H6FNO/c1-5(10)6-2-3-9-7(8)4-6/h2-4H,1H3. The Labute approximate surface area is 57.7 Å². The maximum atomic E-state index is 12.3. The number of pyridine rings is 1. The number of nitrogens with zero attached hydrogens (tertiary/aromatic N) is 1. The summed E-state index contributed by atoms with van der Waals surface area (Å²) in [6.07, 6.45) is 1.27. The summed E-state index contributed by atoms with van der Waals surface area (Å²) in [6, 6.07) is 2.59. The van der Waals surface area contributed by atoms with Crippen LogP contribution in [0, 0.1) is 5.95 Å². The maximum absolute atomic E-state index is 12.3. The quantitative estimate of drug-likeness (QED) is 0.435. The Morgan fingerprint density at radius 2 is 2.40 bits per heavy atom. The van der Waals surface area contributed by atoms with Gasteiger partial charge in [-0.15, -0.1) is 0 Å². The molecule has 0 aliphatic rings. The average molecular weight is 139 g/mol. The van der Waals surface area contributed by atoms with E-state index in [1.165, 1.54) is 19.2 Å². The molecule has 0 N–H and O–H groups in total. The summed E-state index contributed by atoms with van der Waals surface area (Å²) in [6.45, 7) is 1.38. The van der Waals surface area contributed by atoms with Crippen LogP contribution >= 0.6 is 0 Å². The molecule has 0 fully saturated rings. The Bertz CT molecular complexity index is 260. The number of aromatic nitrogens is 1. The van der Waals surface area contributed by atoms with Crippen LogP contribution in [-0.4, -0.2) is 10.8 Å². The number of halogens is 1. The Hall–Kier alpha value is -1.25. The number of hydrogen-bond acceptors (Lipinski definition) is 2. The van der Waals surface area contributed by atoms with E-state index in [4.69, 9.17) is 0 Å². The summed E-state index contributed by atoms with van der Waals surface area (Å²) in [4.78, 5) is 13.9. The van der Waals surface area contributed by atoms with Crippen molar-refractivity contribution in [1.29, 1.82) is 0 Å². The fourth-order valence-corrected chi connectivity index (χ4v) is 0.621. The molecule has 1 rings (SSSR count). The van der Waals surface area contributed by atoms with E-state index in [-0.39, 0.29) is 5.78 Å². The van der Waals surface area contributed by atoms with Gasteiger partial charge in [0, 0.05) is 17.8 Å². The van der Waals surface area contributed by atoms with E-state index in [1.807, 2.05) is 0 Å². The van der Waals surface area contributed by atoms with E-state index in [1.54, 1.807) is 0 Å². The van der Waals surface area contributed by atoms with Gasteiger partial charge in [-0.25, -0.2) is 4.98 Å². The monoisotopic (exact) mass is 139 g/mol. The van der Waals surface area contributed by atoms with Crippen LogP contribution in [0.4, 0.5) is 4.39 Å². The molecule has 0 aromatic carbocycles. The van der Waals surface area contributed by atoms with Crippen LogP contribution in [0.2, 0.25) is 0 Å². The number of rotatable bonds is 1. The lowest BCUT2D eigenvalue weighted by molar-refractivity contribution is 0.101. The van der Waals surface area contributed by atoms with E-state index in [0.29, 0.717) is 5.56 Å². The van der Waals surface area contributed by atoms with E-state index in [9.17, 15) is 9.18 Å². The Kier molecular flexibility index (Phi) is 1.76. The van der Waals surface area contributed by atoms with Crippen LogP contribution in [-0.2, 0) is 0 Å². The van der Waals surface area contributed by atoms with Crippen LogP contribution in [0.15, 0.2) is 18.3 Å². The number of ketones is 1. The molecule has 2 nitrogen and oxygen atoms in total. The van der Waals surface area contributed by atoms with Crippen LogP contribution in [0.3, 0.4) is 0 Å². The van der Waals surface area contributed by atoms with Crippen LogP contribution in [0.5, 0.6) is 0 Å². The first kappa shape index (κ1) is 6.86. The van der Waals surface area contributed by atoms with Gasteiger partial charge in [-0.05, 0) is 13.0 Å². The molecule has 0 saturated carbocycles. The van der Waals surface area contributed by atoms with Gasteiger partial charge in [0.2, 0.25) is 5.95 Å². The minimum Gasteiger partial charge on any atom is -0.295 e. The molecule has 0 unspecified atom stereocenters.